The number of hydrogen-bond acceptors (Lipinski definition) is 3. The molecule has 18 heavy (non-hydrogen) atoms. The first-order valence-corrected chi connectivity index (χ1v) is 5.46. The molecule has 5 nitrogen and oxygen atoms in total. The molecular formula is C13H12N2O3. The van der Waals surface area contributed by atoms with Gasteiger partial charge in [-0.1, -0.05) is 23.8 Å². The van der Waals surface area contributed by atoms with Gasteiger partial charge < -0.3 is 0 Å². The lowest BCUT2D eigenvalue weighted by atomic mass is 10.1. The second-order valence-electron chi connectivity index (χ2n) is 4.03. The Bertz CT molecular complexity index is 698. The quantitative estimate of drug-likeness (QED) is 0.809. The molecule has 0 bridgehead atoms. The van der Waals surface area contributed by atoms with Crippen LogP contribution in [0.4, 0.5) is 0 Å². The Balaban J connectivity index is 2.27. The minimum Gasteiger partial charge on any atom is -0.293 e. The lowest BCUT2D eigenvalue weighted by molar-refractivity contribution is 0.0970. The molecule has 1 N–H and O–H groups in total. The number of nitrogens with one attached hydrogen (secondary N) is 1. The zero-order valence-corrected chi connectivity index (χ0v) is 9.84. The van der Waals surface area contributed by atoms with Crippen molar-refractivity contribution in [1.29, 1.82) is 0 Å². The van der Waals surface area contributed by atoms with E-state index in [1.807, 2.05) is 13.0 Å². The van der Waals surface area contributed by atoms with Crippen LogP contribution in [0.25, 0.3) is 0 Å². The van der Waals surface area contributed by atoms with E-state index < -0.39 is 11.2 Å². The van der Waals surface area contributed by atoms with Gasteiger partial charge in [0, 0.05) is 17.8 Å². The van der Waals surface area contributed by atoms with Crippen molar-refractivity contribution < 1.29 is 4.79 Å². The van der Waals surface area contributed by atoms with E-state index in [-0.39, 0.29) is 12.3 Å². The molecule has 1 aromatic heterocycles. The first kappa shape index (κ1) is 12.0. The highest BCUT2D eigenvalue weighted by atomic mass is 16.2. The Morgan fingerprint density at radius 1 is 1.28 bits per heavy atom. The number of ketones is 1. The molecule has 0 fully saturated rings. The molecule has 0 spiro atoms. The SMILES string of the molecule is Cc1cccc(C(=O)Cn2ccc(=O)[nH]c2=O)c1. The minimum absolute atomic E-state index is 0.0843. The molecule has 0 aliphatic carbocycles. The van der Waals surface area contributed by atoms with Crippen LogP contribution in [0.3, 0.4) is 0 Å². The molecule has 5 heteroatoms. The van der Waals surface area contributed by atoms with Crippen LogP contribution in [-0.2, 0) is 6.54 Å². The van der Waals surface area contributed by atoms with Gasteiger partial charge in [-0.2, -0.15) is 0 Å². The number of aromatic amines is 1. The molecule has 2 aromatic rings. The van der Waals surface area contributed by atoms with Gasteiger partial charge in [0.25, 0.3) is 5.56 Å². The van der Waals surface area contributed by atoms with Crippen molar-refractivity contribution >= 4 is 5.78 Å². The first-order valence-electron chi connectivity index (χ1n) is 5.46. The largest absolute Gasteiger partial charge is 0.328 e. The first-order chi connectivity index (χ1) is 8.56. The van der Waals surface area contributed by atoms with E-state index in [0.29, 0.717) is 5.56 Å². The number of aryl methyl sites for hydroxylation is 1. The number of hydrogen-bond donors (Lipinski definition) is 1. The minimum atomic E-state index is -0.580. The van der Waals surface area contributed by atoms with Gasteiger partial charge in [0.1, 0.15) is 0 Å². The molecule has 0 amide bonds. The molecule has 0 saturated carbocycles. The van der Waals surface area contributed by atoms with Crippen molar-refractivity contribution in [3.05, 3.63) is 68.5 Å². The van der Waals surface area contributed by atoms with Crippen LogP contribution in [0.15, 0.2) is 46.1 Å². The van der Waals surface area contributed by atoms with E-state index in [1.54, 1.807) is 18.2 Å². The summed E-state index contributed by atoms with van der Waals surface area (Å²) in [4.78, 5) is 36.4. The standard InChI is InChI=1S/C13H12N2O3/c1-9-3-2-4-10(7-9)11(16)8-15-6-5-12(17)14-13(15)18/h2-7H,8H2,1H3,(H,14,17,18). The maximum Gasteiger partial charge on any atom is 0.328 e. The van der Waals surface area contributed by atoms with E-state index in [4.69, 9.17) is 0 Å². The summed E-state index contributed by atoms with van der Waals surface area (Å²) in [5, 5.41) is 0. The van der Waals surface area contributed by atoms with Gasteiger partial charge in [0.15, 0.2) is 5.78 Å². The smallest absolute Gasteiger partial charge is 0.293 e. The number of H-pyrrole nitrogens is 1. The molecule has 0 unspecified atom stereocenters. The van der Waals surface area contributed by atoms with Crippen LogP contribution in [0.1, 0.15) is 15.9 Å². The summed E-state index contributed by atoms with van der Waals surface area (Å²) < 4.78 is 1.17. The molecular weight excluding hydrogens is 232 g/mol. The Labute approximate surface area is 103 Å². The van der Waals surface area contributed by atoms with E-state index >= 15 is 0 Å². The second-order valence-corrected chi connectivity index (χ2v) is 4.03. The van der Waals surface area contributed by atoms with Gasteiger partial charge in [-0.3, -0.25) is 19.1 Å². The molecule has 0 radical (unpaired) electrons. The fourth-order valence-electron chi connectivity index (χ4n) is 1.63. The zero-order chi connectivity index (χ0) is 13.1. The van der Waals surface area contributed by atoms with Gasteiger partial charge >= 0.3 is 5.69 Å². The predicted octanol–water partition coefficient (Wildman–Crippen LogP) is 0.728. The van der Waals surface area contributed by atoms with E-state index in [1.165, 1.54) is 16.8 Å². The third-order valence-corrected chi connectivity index (χ3v) is 2.55. The number of rotatable bonds is 3. The predicted molar refractivity (Wildman–Crippen MR) is 66.8 cm³/mol. The maximum atomic E-state index is 12.0. The molecule has 1 aromatic carbocycles. The number of nitrogens with zero attached hydrogens (tertiary/aromatic N) is 1. The van der Waals surface area contributed by atoms with Crippen molar-refractivity contribution in [3.8, 4) is 0 Å². The highest BCUT2D eigenvalue weighted by Gasteiger charge is 2.07. The number of carbonyl (C=O) groups is 1. The Kier molecular flexibility index (Phi) is 3.23. The van der Waals surface area contributed by atoms with Gasteiger partial charge in [-0.15, -0.1) is 0 Å². The normalized spacial score (nSPS) is 10.3. The van der Waals surface area contributed by atoms with Crippen LogP contribution in [-0.4, -0.2) is 15.3 Å². The fourth-order valence-corrected chi connectivity index (χ4v) is 1.63. The Morgan fingerprint density at radius 2 is 2.06 bits per heavy atom. The number of carbonyl (C=O) groups excluding carboxylic acids is 1. The summed E-state index contributed by atoms with van der Waals surface area (Å²) in [6.07, 6.45) is 1.31. The summed E-state index contributed by atoms with van der Waals surface area (Å²) in [5.41, 5.74) is 0.477. The van der Waals surface area contributed by atoms with Crippen molar-refractivity contribution in [2.24, 2.45) is 0 Å². The van der Waals surface area contributed by atoms with E-state index in [2.05, 4.69) is 4.98 Å². The number of aromatic nitrogens is 2. The van der Waals surface area contributed by atoms with E-state index in [0.717, 1.165) is 5.56 Å². The number of benzene rings is 1. The summed E-state index contributed by atoms with van der Waals surface area (Å²) in [5.74, 6) is -0.173. The van der Waals surface area contributed by atoms with Crippen LogP contribution in [0.2, 0.25) is 0 Å². The monoisotopic (exact) mass is 244 g/mol. The average Bonchev–Trinajstić information content (AvgIpc) is 2.32. The fraction of sp³-hybridized carbons (Fsp3) is 0.154. The Morgan fingerprint density at radius 3 is 2.72 bits per heavy atom. The van der Waals surface area contributed by atoms with Crippen LogP contribution in [0, 0.1) is 6.92 Å². The summed E-state index contributed by atoms with van der Waals surface area (Å²) in [6, 6.07) is 8.36. The van der Waals surface area contributed by atoms with Crippen molar-refractivity contribution in [2.75, 3.05) is 0 Å². The van der Waals surface area contributed by atoms with Crippen LogP contribution < -0.4 is 11.2 Å². The summed E-state index contributed by atoms with van der Waals surface area (Å²) in [7, 11) is 0. The second kappa shape index (κ2) is 4.83. The van der Waals surface area contributed by atoms with Crippen molar-refractivity contribution in [2.45, 2.75) is 13.5 Å². The van der Waals surface area contributed by atoms with Crippen LogP contribution >= 0.6 is 0 Å². The topological polar surface area (TPSA) is 71.9 Å². The summed E-state index contributed by atoms with van der Waals surface area (Å²) in [6.45, 7) is 1.81. The molecule has 0 aliphatic rings. The van der Waals surface area contributed by atoms with Gasteiger partial charge in [-0.05, 0) is 13.0 Å². The lowest BCUT2D eigenvalue weighted by Crippen LogP contribution is -2.30. The molecule has 0 aliphatic heterocycles. The highest BCUT2D eigenvalue weighted by Crippen LogP contribution is 2.05. The molecule has 0 saturated heterocycles. The number of Topliss-reactive ketones (excluding diaryl/α,β-unsaturated/α-hetero) is 1. The lowest BCUT2D eigenvalue weighted by Gasteiger charge is -2.04. The molecule has 2 rings (SSSR count). The molecule has 0 atom stereocenters. The highest BCUT2D eigenvalue weighted by molar-refractivity contribution is 5.96. The third kappa shape index (κ3) is 2.63. The summed E-state index contributed by atoms with van der Waals surface area (Å²) >= 11 is 0. The van der Waals surface area contributed by atoms with Gasteiger partial charge in [0.2, 0.25) is 0 Å². The molecule has 1 heterocycles. The van der Waals surface area contributed by atoms with Gasteiger partial charge in [-0.25, -0.2) is 4.79 Å². The van der Waals surface area contributed by atoms with Crippen molar-refractivity contribution in [1.82, 2.24) is 9.55 Å². The maximum absolute atomic E-state index is 12.0. The molecule has 92 valence electrons. The van der Waals surface area contributed by atoms with Gasteiger partial charge in [0.05, 0.1) is 6.54 Å². The van der Waals surface area contributed by atoms with Crippen LogP contribution in [0.5, 0.6) is 0 Å². The van der Waals surface area contributed by atoms with Crippen molar-refractivity contribution in [3.63, 3.8) is 0 Å². The Hall–Kier alpha value is -2.43. The average molecular weight is 244 g/mol. The third-order valence-electron chi connectivity index (χ3n) is 2.55. The zero-order valence-electron chi connectivity index (χ0n) is 9.84. The van der Waals surface area contributed by atoms with E-state index in [9.17, 15) is 14.4 Å².